The maximum atomic E-state index is 13.2. The second-order valence-corrected chi connectivity index (χ2v) is 13.4. The molecular weight excluding hydrogens is 672 g/mol. The summed E-state index contributed by atoms with van der Waals surface area (Å²) in [7, 11) is 0. The van der Waals surface area contributed by atoms with Crippen molar-refractivity contribution in [2.75, 3.05) is 31.5 Å². The van der Waals surface area contributed by atoms with Gasteiger partial charge in [-0.25, -0.2) is 4.98 Å². The average Bonchev–Trinajstić information content (AvgIpc) is 3.91. The van der Waals surface area contributed by atoms with Crippen LogP contribution in [0.15, 0.2) is 65.3 Å². The summed E-state index contributed by atoms with van der Waals surface area (Å²) in [6.45, 7) is 5.37. The summed E-state index contributed by atoms with van der Waals surface area (Å²) in [5.74, 6) is -1.19. The minimum absolute atomic E-state index is 0.269. The minimum atomic E-state index is -0.812. The first-order chi connectivity index (χ1) is 25.7. The van der Waals surface area contributed by atoms with Crippen molar-refractivity contribution in [2.24, 2.45) is 5.92 Å². The Morgan fingerprint density at radius 3 is 2.49 bits per heavy atom. The number of hydrogen-bond donors (Lipinski definition) is 3. The number of rotatable bonds is 10. The van der Waals surface area contributed by atoms with Crippen molar-refractivity contribution in [2.45, 2.75) is 39.0 Å². The lowest BCUT2D eigenvalue weighted by Crippen LogP contribution is -2.22. The normalized spacial score (nSPS) is 17.7. The third kappa shape index (κ3) is 7.54. The molecule has 53 heavy (non-hydrogen) atoms. The van der Waals surface area contributed by atoms with E-state index in [0.29, 0.717) is 84.2 Å². The first-order valence-corrected chi connectivity index (χ1v) is 17.3. The van der Waals surface area contributed by atoms with E-state index in [1.54, 1.807) is 54.9 Å². The molecule has 7 rings (SSSR count). The van der Waals surface area contributed by atoms with Crippen LogP contribution >= 0.6 is 0 Å². The number of aliphatic hydroxyl groups excluding tert-OH is 1. The van der Waals surface area contributed by atoms with E-state index in [4.69, 9.17) is 4.42 Å². The molecule has 3 N–H and O–H groups in total. The molecule has 2 aromatic carbocycles. The third-order valence-electron chi connectivity index (χ3n) is 9.82. The van der Waals surface area contributed by atoms with Gasteiger partial charge in [-0.1, -0.05) is 30.3 Å². The molecule has 2 fully saturated rings. The smallest absolute Gasteiger partial charge is 0.307 e. The van der Waals surface area contributed by atoms with Gasteiger partial charge in [0.25, 0.3) is 5.91 Å². The molecule has 0 spiro atoms. The van der Waals surface area contributed by atoms with Crippen LogP contribution in [0.4, 0.5) is 5.69 Å². The standard InChI is InChI=1S/C40H36N8O5/c1-24-29(3-2-4-33(24)46-39(50)36-8-5-25(19-44-36)20-47-16-13-28(49)22-47)30-11-14-43-34(32(30)18-42)9-6-26-7-10-35-38(31(26)17-41)53-37(45-35)23-48-15-12-27(21-48)40(51)52/h2-11,14,19,27-28,49H,12-13,15-16,20-23H2,1H3,(H,46,50)(H,51,52)/b9-6+/t27-,28-/m1/s1. The number of benzene rings is 2. The van der Waals surface area contributed by atoms with E-state index in [2.05, 4.69) is 37.3 Å². The number of nitrogens with zero attached hydrogens (tertiary/aromatic N) is 7. The highest BCUT2D eigenvalue weighted by atomic mass is 16.4. The van der Waals surface area contributed by atoms with E-state index in [0.717, 1.165) is 29.7 Å². The van der Waals surface area contributed by atoms with Gasteiger partial charge >= 0.3 is 5.97 Å². The number of nitriles is 2. The Balaban J connectivity index is 1.09. The molecule has 0 aliphatic carbocycles. The van der Waals surface area contributed by atoms with Crippen LogP contribution in [-0.4, -0.2) is 79.1 Å². The highest BCUT2D eigenvalue weighted by molar-refractivity contribution is 6.04. The topological polar surface area (TPSA) is 192 Å². The number of oxazole rings is 1. The van der Waals surface area contributed by atoms with Crippen LogP contribution in [0.3, 0.4) is 0 Å². The molecule has 0 radical (unpaired) electrons. The molecule has 0 bridgehead atoms. The summed E-state index contributed by atoms with van der Waals surface area (Å²) in [5.41, 5.74) is 6.37. The van der Waals surface area contributed by atoms with Gasteiger partial charge in [0, 0.05) is 49.8 Å². The van der Waals surface area contributed by atoms with Crippen molar-refractivity contribution in [3.05, 3.63) is 106 Å². The van der Waals surface area contributed by atoms with Crippen LogP contribution < -0.4 is 5.32 Å². The van der Waals surface area contributed by atoms with Crippen molar-refractivity contribution in [3.63, 3.8) is 0 Å². The summed E-state index contributed by atoms with van der Waals surface area (Å²) in [6.07, 6.45) is 7.70. The largest absolute Gasteiger partial charge is 0.481 e. The van der Waals surface area contributed by atoms with Gasteiger partial charge in [0.1, 0.15) is 28.9 Å². The molecule has 266 valence electrons. The van der Waals surface area contributed by atoms with Crippen molar-refractivity contribution in [3.8, 4) is 23.3 Å². The van der Waals surface area contributed by atoms with Crippen LogP contribution in [0.5, 0.6) is 0 Å². The Bertz CT molecular complexity index is 2320. The molecule has 0 saturated carbocycles. The fraction of sp³-hybridized carbons (Fsp3) is 0.275. The molecular formula is C40H36N8O5. The van der Waals surface area contributed by atoms with Gasteiger partial charge in [-0.3, -0.25) is 29.4 Å². The maximum Gasteiger partial charge on any atom is 0.307 e. The number of aromatic nitrogens is 3. The predicted molar refractivity (Wildman–Crippen MR) is 196 cm³/mol. The number of carbonyl (C=O) groups excluding carboxylic acids is 1. The number of carbonyl (C=O) groups is 2. The van der Waals surface area contributed by atoms with E-state index >= 15 is 0 Å². The monoisotopic (exact) mass is 708 g/mol. The second-order valence-electron chi connectivity index (χ2n) is 13.4. The quantitative estimate of drug-likeness (QED) is 0.171. The molecule has 2 aliphatic heterocycles. The highest BCUT2D eigenvalue weighted by Gasteiger charge is 2.29. The van der Waals surface area contributed by atoms with Crippen molar-refractivity contribution in [1.82, 2.24) is 24.8 Å². The maximum absolute atomic E-state index is 13.2. The van der Waals surface area contributed by atoms with E-state index in [1.165, 1.54) is 0 Å². The first kappa shape index (κ1) is 35.2. The van der Waals surface area contributed by atoms with E-state index in [-0.39, 0.29) is 23.3 Å². The SMILES string of the molecule is Cc1c(NC(=O)c2ccc(CN3CC[C@@H](O)C3)cn2)cccc1-c1ccnc(/C=C/c2ccc3nc(CN4CC[C@@H](C(=O)O)C4)oc3c2C#N)c1C#N. The third-order valence-corrected chi connectivity index (χ3v) is 9.82. The van der Waals surface area contributed by atoms with Crippen LogP contribution in [0.2, 0.25) is 0 Å². The number of nitrogens with one attached hydrogen (secondary N) is 1. The fourth-order valence-corrected chi connectivity index (χ4v) is 6.97. The average molecular weight is 709 g/mol. The van der Waals surface area contributed by atoms with Crippen molar-refractivity contribution >= 4 is 40.8 Å². The molecule has 5 heterocycles. The Morgan fingerprint density at radius 1 is 0.962 bits per heavy atom. The lowest BCUT2D eigenvalue weighted by Gasteiger charge is -2.15. The van der Waals surface area contributed by atoms with E-state index in [1.807, 2.05) is 30.0 Å². The number of carboxylic acids is 1. The molecule has 2 saturated heterocycles. The minimum Gasteiger partial charge on any atom is -0.481 e. The number of aliphatic carboxylic acids is 1. The number of fused-ring (bicyclic) bond motifs is 1. The molecule has 2 atom stereocenters. The van der Waals surface area contributed by atoms with Gasteiger partial charge in [0.05, 0.1) is 29.8 Å². The number of anilines is 1. The number of likely N-dealkylation sites (tertiary alicyclic amines) is 2. The second kappa shape index (κ2) is 15.2. The van der Waals surface area contributed by atoms with Gasteiger partial charge < -0.3 is 19.9 Å². The van der Waals surface area contributed by atoms with Gasteiger partial charge in [0.2, 0.25) is 5.89 Å². The van der Waals surface area contributed by atoms with Crippen LogP contribution in [0.25, 0.3) is 34.4 Å². The molecule has 3 aromatic heterocycles. The summed E-state index contributed by atoms with van der Waals surface area (Å²) in [5, 5.41) is 42.5. The van der Waals surface area contributed by atoms with Gasteiger partial charge in [0.15, 0.2) is 5.58 Å². The molecule has 5 aromatic rings. The van der Waals surface area contributed by atoms with E-state index < -0.39 is 11.9 Å². The number of carboxylic acid groups (broad SMARTS) is 1. The van der Waals surface area contributed by atoms with Gasteiger partial charge in [-0.15, -0.1) is 0 Å². The van der Waals surface area contributed by atoms with Crippen LogP contribution in [0, 0.1) is 35.5 Å². The van der Waals surface area contributed by atoms with Crippen molar-refractivity contribution in [1.29, 1.82) is 10.5 Å². The fourth-order valence-electron chi connectivity index (χ4n) is 6.97. The molecule has 2 aliphatic rings. The zero-order valence-electron chi connectivity index (χ0n) is 29.0. The predicted octanol–water partition coefficient (Wildman–Crippen LogP) is 5.23. The van der Waals surface area contributed by atoms with Gasteiger partial charge in [-0.05, 0) is 78.9 Å². The Hall–Kier alpha value is -6.25. The summed E-state index contributed by atoms with van der Waals surface area (Å²) in [4.78, 5) is 42.1. The number of β-amino-alcohol motifs (C(OH)–C–C–N with tert-alkyl or cyclic N) is 1. The Morgan fingerprint density at radius 2 is 1.77 bits per heavy atom. The Kier molecular flexibility index (Phi) is 10.1. The van der Waals surface area contributed by atoms with E-state index in [9.17, 15) is 30.3 Å². The highest BCUT2D eigenvalue weighted by Crippen LogP contribution is 2.33. The molecule has 1 amide bonds. The van der Waals surface area contributed by atoms with Crippen LogP contribution in [-0.2, 0) is 17.9 Å². The molecule has 0 unspecified atom stereocenters. The number of hydrogen-bond acceptors (Lipinski definition) is 11. The number of pyridine rings is 2. The first-order valence-electron chi connectivity index (χ1n) is 17.3. The van der Waals surface area contributed by atoms with Crippen molar-refractivity contribution < 1.29 is 24.2 Å². The summed E-state index contributed by atoms with van der Waals surface area (Å²) < 4.78 is 6.01. The molecule has 13 heteroatoms. The number of aliphatic hydroxyl groups is 1. The Labute approximate surface area is 305 Å². The van der Waals surface area contributed by atoms with Gasteiger partial charge in [-0.2, -0.15) is 10.5 Å². The lowest BCUT2D eigenvalue weighted by atomic mass is 9.94. The lowest BCUT2D eigenvalue weighted by molar-refractivity contribution is -0.141. The number of amides is 1. The summed E-state index contributed by atoms with van der Waals surface area (Å²) >= 11 is 0. The molecule has 13 nitrogen and oxygen atoms in total. The summed E-state index contributed by atoms with van der Waals surface area (Å²) in [6, 6.07) is 18.8. The zero-order chi connectivity index (χ0) is 37.1. The van der Waals surface area contributed by atoms with Crippen LogP contribution in [0.1, 0.15) is 62.7 Å². The zero-order valence-corrected chi connectivity index (χ0v) is 29.0.